The molecule has 0 bridgehead atoms. The molecular weight excluding hydrogens is 185 g/mol. The van der Waals surface area contributed by atoms with Gasteiger partial charge >= 0.3 is 5.97 Å². The number of ether oxygens (including phenoxy) is 1. The van der Waals surface area contributed by atoms with E-state index in [0.29, 0.717) is 12.1 Å². The summed E-state index contributed by atoms with van der Waals surface area (Å²) in [6, 6.07) is 4.37. The van der Waals surface area contributed by atoms with E-state index in [9.17, 15) is 9.18 Å². The van der Waals surface area contributed by atoms with Gasteiger partial charge in [-0.25, -0.2) is 4.39 Å². The Morgan fingerprint density at radius 1 is 1.64 bits per heavy atom. The van der Waals surface area contributed by atoms with Gasteiger partial charge in [0, 0.05) is 12.2 Å². The van der Waals surface area contributed by atoms with E-state index < -0.39 is 0 Å². The molecule has 0 saturated heterocycles. The van der Waals surface area contributed by atoms with Gasteiger partial charge in [-0.15, -0.1) is 0 Å². The van der Waals surface area contributed by atoms with Gasteiger partial charge in [0.15, 0.2) is 0 Å². The Balaban J connectivity index is 2.38. The van der Waals surface area contributed by atoms with E-state index in [0.717, 1.165) is 5.69 Å². The minimum absolute atomic E-state index is 0.332. The maximum atomic E-state index is 12.9. The molecule has 74 valence electrons. The Labute approximate surface area is 80.9 Å². The van der Waals surface area contributed by atoms with Crippen LogP contribution >= 0.6 is 0 Å². The van der Waals surface area contributed by atoms with Crippen molar-refractivity contribution in [3.05, 3.63) is 29.6 Å². The van der Waals surface area contributed by atoms with Crippen LogP contribution in [0.15, 0.2) is 18.2 Å². The van der Waals surface area contributed by atoms with Gasteiger partial charge in [0.25, 0.3) is 0 Å². The van der Waals surface area contributed by atoms with E-state index in [2.05, 4.69) is 10.1 Å². The van der Waals surface area contributed by atoms with Gasteiger partial charge in [-0.3, -0.25) is 4.79 Å². The number of carbonyl (C=O) groups excluding carboxylic acids is 1. The average molecular weight is 195 g/mol. The van der Waals surface area contributed by atoms with Crippen LogP contribution in [0.25, 0.3) is 0 Å². The second kappa shape index (κ2) is 3.29. The highest BCUT2D eigenvalue weighted by Crippen LogP contribution is 2.32. The number of hydrogen-bond donors (Lipinski definition) is 1. The number of fused-ring (bicyclic) bond motifs is 1. The SMILES string of the molecule is COC(=O)C1CNc2ccc(F)cc21. The van der Waals surface area contributed by atoms with Gasteiger partial charge in [0.05, 0.1) is 7.11 Å². The summed E-state index contributed by atoms with van der Waals surface area (Å²) in [4.78, 5) is 11.3. The van der Waals surface area contributed by atoms with Crippen LogP contribution in [0.5, 0.6) is 0 Å². The van der Waals surface area contributed by atoms with E-state index in [-0.39, 0.29) is 17.7 Å². The molecule has 0 aliphatic carbocycles. The number of halogens is 1. The van der Waals surface area contributed by atoms with Crippen molar-refractivity contribution in [2.45, 2.75) is 5.92 Å². The molecule has 1 aromatic rings. The number of nitrogens with one attached hydrogen (secondary N) is 1. The van der Waals surface area contributed by atoms with E-state index >= 15 is 0 Å². The third kappa shape index (κ3) is 1.32. The lowest BCUT2D eigenvalue weighted by atomic mass is 10.0. The molecule has 1 aromatic carbocycles. The number of esters is 1. The minimum Gasteiger partial charge on any atom is -0.468 e. The molecule has 1 aliphatic heterocycles. The molecule has 1 aliphatic rings. The van der Waals surface area contributed by atoms with Crippen LogP contribution in [-0.4, -0.2) is 19.6 Å². The van der Waals surface area contributed by atoms with E-state index in [4.69, 9.17) is 0 Å². The fourth-order valence-corrected chi connectivity index (χ4v) is 1.66. The number of hydrogen-bond acceptors (Lipinski definition) is 3. The van der Waals surface area contributed by atoms with Crippen LogP contribution in [0.1, 0.15) is 11.5 Å². The van der Waals surface area contributed by atoms with Crippen molar-refractivity contribution in [2.24, 2.45) is 0 Å². The molecule has 1 heterocycles. The normalized spacial score (nSPS) is 18.6. The topological polar surface area (TPSA) is 38.3 Å². The summed E-state index contributed by atoms with van der Waals surface area (Å²) in [7, 11) is 1.33. The summed E-state index contributed by atoms with van der Waals surface area (Å²) >= 11 is 0. The Morgan fingerprint density at radius 3 is 3.14 bits per heavy atom. The summed E-state index contributed by atoms with van der Waals surface area (Å²) in [5.41, 5.74) is 1.48. The molecule has 0 spiro atoms. The molecule has 4 heteroatoms. The van der Waals surface area contributed by atoms with Gasteiger partial charge < -0.3 is 10.1 Å². The first-order chi connectivity index (χ1) is 6.72. The summed E-state index contributed by atoms with van der Waals surface area (Å²) in [5.74, 6) is -1.05. The minimum atomic E-state index is -0.384. The van der Waals surface area contributed by atoms with Crippen molar-refractivity contribution in [2.75, 3.05) is 19.0 Å². The molecule has 3 nitrogen and oxygen atoms in total. The molecule has 0 aromatic heterocycles. The molecule has 14 heavy (non-hydrogen) atoms. The van der Waals surface area contributed by atoms with E-state index in [1.807, 2.05) is 0 Å². The van der Waals surface area contributed by atoms with Crippen LogP contribution in [0.3, 0.4) is 0 Å². The van der Waals surface area contributed by atoms with Crippen molar-refractivity contribution in [3.8, 4) is 0 Å². The van der Waals surface area contributed by atoms with Crippen molar-refractivity contribution < 1.29 is 13.9 Å². The zero-order valence-corrected chi connectivity index (χ0v) is 7.71. The maximum Gasteiger partial charge on any atom is 0.315 e. The third-order valence-electron chi connectivity index (χ3n) is 2.37. The summed E-state index contributed by atoms with van der Waals surface area (Å²) in [6.07, 6.45) is 0. The summed E-state index contributed by atoms with van der Waals surface area (Å²) in [6.45, 7) is 0.478. The second-order valence-corrected chi connectivity index (χ2v) is 3.19. The standard InChI is InChI=1S/C10H10FNO2/c1-14-10(13)8-5-12-9-3-2-6(11)4-7(8)9/h2-4,8,12H,5H2,1H3. The molecule has 2 rings (SSSR count). The zero-order chi connectivity index (χ0) is 10.1. The number of benzene rings is 1. The molecule has 0 radical (unpaired) electrons. The number of carbonyl (C=O) groups is 1. The largest absolute Gasteiger partial charge is 0.468 e. The highest BCUT2D eigenvalue weighted by molar-refractivity contribution is 5.83. The summed E-state index contributed by atoms with van der Waals surface area (Å²) in [5, 5.41) is 3.03. The molecule has 0 fully saturated rings. The van der Waals surface area contributed by atoms with Crippen LogP contribution < -0.4 is 5.32 Å². The number of anilines is 1. The van der Waals surface area contributed by atoms with Crippen molar-refractivity contribution in [3.63, 3.8) is 0 Å². The molecule has 1 atom stereocenters. The predicted octanol–water partition coefficient (Wildman–Crippen LogP) is 1.51. The molecule has 0 amide bonds. The highest BCUT2D eigenvalue weighted by atomic mass is 19.1. The van der Waals surface area contributed by atoms with Gasteiger partial charge in [-0.1, -0.05) is 0 Å². The molecule has 0 saturated carbocycles. The zero-order valence-electron chi connectivity index (χ0n) is 7.71. The van der Waals surface area contributed by atoms with Crippen LogP contribution in [0.2, 0.25) is 0 Å². The van der Waals surface area contributed by atoms with Crippen LogP contribution in [0.4, 0.5) is 10.1 Å². The van der Waals surface area contributed by atoms with Gasteiger partial charge in [-0.05, 0) is 23.8 Å². The lowest BCUT2D eigenvalue weighted by Crippen LogP contribution is -2.15. The van der Waals surface area contributed by atoms with Crippen LogP contribution in [-0.2, 0) is 9.53 Å². The second-order valence-electron chi connectivity index (χ2n) is 3.19. The monoisotopic (exact) mass is 195 g/mol. The number of methoxy groups -OCH3 is 1. The first-order valence-electron chi connectivity index (χ1n) is 4.33. The molecule has 1 N–H and O–H groups in total. The quantitative estimate of drug-likeness (QED) is 0.690. The first-order valence-corrected chi connectivity index (χ1v) is 4.33. The molecular formula is C10H10FNO2. The Morgan fingerprint density at radius 2 is 2.43 bits per heavy atom. The van der Waals surface area contributed by atoms with Gasteiger partial charge in [-0.2, -0.15) is 0 Å². The fraction of sp³-hybridized carbons (Fsp3) is 0.300. The first kappa shape index (κ1) is 8.99. The predicted molar refractivity (Wildman–Crippen MR) is 49.6 cm³/mol. The van der Waals surface area contributed by atoms with E-state index in [1.54, 1.807) is 6.07 Å². The lowest BCUT2D eigenvalue weighted by Gasteiger charge is -2.06. The Hall–Kier alpha value is -1.58. The highest BCUT2D eigenvalue weighted by Gasteiger charge is 2.29. The fourth-order valence-electron chi connectivity index (χ4n) is 1.66. The van der Waals surface area contributed by atoms with E-state index in [1.165, 1.54) is 19.2 Å². The van der Waals surface area contributed by atoms with Gasteiger partial charge in [0.1, 0.15) is 11.7 Å². The summed E-state index contributed by atoms with van der Waals surface area (Å²) < 4.78 is 17.6. The smallest absolute Gasteiger partial charge is 0.315 e. The van der Waals surface area contributed by atoms with Crippen molar-refractivity contribution in [1.82, 2.24) is 0 Å². The van der Waals surface area contributed by atoms with Crippen LogP contribution in [0, 0.1) is 5.82 Å². The third-order valence-corrected chi connectivity index (χ3v) is 2.37. The lowest BCUT2D eigenvalue weighted by molar-refractivity contribution is -0.141. The molecule has 1 unspecified atom stereocenters. The Bertz CT molecular complexity index is 378. The van der Waals surface area contributed by atoms with Crippen molar-refractivity contribution >= 4 is 11.7 Å². The average Bonchev–Trinajstić information content (AvgIpc) is 2.59. The van der Waals surface area contributed by atoms with Gasteiger partial charge in [0.2, 0.25) is 0 Å². The Kier molecular flexibility index (Phi) is 2.11. The number of rotatable bonds is 1. The maximum absolute atomic E-state index is 12.9. The van der Waals surface area contributed by atoms with Crippen molar-refractivity contribution in [1.29, 1.82) is 0 Å².